The molecule has 1 atom stereocenters. The van der Waals surface area contributed by atoms with Gasteiger partial charge in [-0.1, -0.05) is 12.1 Å². The van der Waals surface area contributed by atoms with E-state index in [1.165, 1.54) is 12.8 Å². The highest BCUT2D eigenvalue weighted by molar-refractivity contribution is 6.48. The van der Waals surface area contributed by atoms with E-state index in [0.29, 0.717) is 0 Å². The number of hydrogen-bond donors (Lipinski definition) is 0. The van der Waals surface area contributed by atoms with Gasteiger partial charge in [-0.05, 0) is 59.2 Å². The van der Waals surface area contributed by atoms with Crippen LogP contribution in [0.4, 0.5) is 5.69 Å². The summed E-state index contributed by atoms with van der Waals surface area (Å²) in [6.07, 6.45) is 0.220. The minimum absolute atomic E-state index is 0.214. The van der Waals surface area contributed by atoms with Crippen LogP contribution in [0, 0.1) is 0 Å². The number of nitrogens with zero attached hydrogens (tertiary/aromatic N) is 1. The van der Waals surface area contributed by atoms with Gasteiger partial charge in [0.25, 0.3) is 0 Å². The second kappa shape index (κ2) is 8.01. The highest BCUT2D eigenvalue weighted by atomic mass is 16.7. The van der Waals surface area contributed by atoms with Crippen molar-refractivity contribution >= 4 is 18.8 Å². The van der Waals surface area contributed by atoms with E-state index in [0.717, 1.165) is 18.7 Å². The summed E-state index contributed by atoms with van der Waals surface area (Å²) in [5.41, 5.74) is 1.31. The van der Waals surface area contributed by atoms with E-state index < -0.39 is 18.3 Å². The first-order chi connectivity index (χ1) is 12.1. The minimum Gasteiger partial charge on any atom is -0.469 e. The maximum absolute atomic E-state index is 12.0. The zero-order chi connectivity index (χ0) is 19.5. The first-order valence-electron chi connectivity index (χ1n) is 9.42. The van der Waals surface area contributed by atoms with Crippen LogP contribution in [0.1, 0.15) is 59.3 Å². The molecule has 0 spiro atoms. The zero-order valence-corrected chi connectivity index (χ0v) is 17.2. The van der Waals surface area contributed by atoms with Crippen molar-refractivity contribution in [3.63, 3.8) is 0 Å². The maximum atomic E-state index is 12.0. The fraction of sp³-hybridized carbons (Fsp3) is 0.650. The van der Waals surface area contributed by atoms with Crippen LogP contribution in [0.3, 0.4) is 0 Å². The summed E-state index contributed by atoms with van der Waals surface area (Å²) in [6, 6.07) is 8.31. The number of esters is 1. The van der Waals surface area contributed by atoms with Crippen molar-refractivity contribution < 1.29 is 18.8 Å². The van der Waals surface area contributed by atoms with Crippen molar-refractivity contribution in [2.24, 2.45) is 0 Å². The second-order valence-corrected chi connectivity index (χ2v) is 7.78. The van der Waals surface area contributed by atoms with Gasteiger partial charge < -0.3 is 18.9 Å². The lowest BCUT2D eigenvalue weighted by molar-refractivity contribution is -0.140. The number of methoxy groups -OCH3 is 1. The molecule has 26 heavy (non-hydrogen) atoms. The molecular weight excluding hydrogens is 329 g/mol. The van der Waals surface area contributed by atoms with E-state index in [9.17, 15) is 4.79 Å². The molecule has 0 saturated carbocycles. The van der Waals surface area contributed by atoms with E-state index >= 15 is 0 Å². The van der Waals surface area contributed by atoms with E-state index in [1.54, 1.807) is 0 Å². The molecule has 1 aliphatic rings. The summed E-state index contributed by atoms with van der Waals surface area (Å²) < 4.78 is 17.3. The van der Waals surface area contributed by atoms with Crippen LogP contribution in [0.25, 0.3) is 0 Å². The van der Waals surface area contributed by atoms with Gasteiger partial charge in [0, 0.05) is 24.6 Å². The first kappa shape index (κ1) is 20.8. The summed E-state index contributed by atoms with van der Waals surface area (Å²) in [5.74, 6) is -0.480. The average molecular weight is 361 g/mol. The summed E-state index contributed by atoms with van der Waals surface area (Å²) in [4.78, 5) is 14.3. The number of benzene rings is 1. The largest absolute Gasteiger partial charge is 0.469 e. The summed E-state index contributed by atoms with van der Waals surface area (Å²) >= 11 is 0. The Hall–Kier alpha value is -1.53. The fourth-order valence-electron chi connectivity index (χ4n) is 3.21. The SMILES string of the molecule is CCN(CC)c1ccc(C(CC(=O)OC)B2OC(C)(C)C(C)(C)O2)cc1. The Kier molecular flexibility index (Phi) is 6.40. The normalized spacial score (nSPS) is 19.3. The summed E-state index contributed by atoms with van der Waals surface area (Å²) in [5, 5.41) is 0. The topological polar surface area (TPSA) is 48.0 Å². The van der Waals surface area contributed by atoms with Gasteiger partial charge in [0.1, 0.15) is 0 Å². The lowest BCUT2D eigenvalue weighted by Gasteiger charge is -2.32. The monoisotopic (exact) mass is 361 g/mol. The van der Waals surface area contributed by atoms with Gasteiger partial charge >= 0.3 is 13.1 Å². The Bertz CT molecular complexity index is 595. The van der Waals surface area contributed by atoms with E-state index in [4.69, 9.17) is 14.0 Å². The van der Waals surface area contributed by atoms with Crippen molar-refractivity contribution in [2.75, 3.05) is 25.1 Å². The van der Waals surface area contributed by atoms with Crippen LogP contribution in [0.2, 0.25) is 0 Å². The molecule has 144 valence electrons. The fourth-order valence-corrected chi connectivity index (χ4v) is 3.21. The average Bonchev–Trinajstić information content (AvgIpc) is 2.81. The minimum atomic E-state index is -0.488. The van der Waals surface area contributed by atoms with Crippen LogP contribution >= 0.6 is 0 Å². The predicted molar refractivity (Wildman–Crippen MR) is 105 cm³/mol. The molecule has 1 saturated heterocycles. The highest BCUT2D eigenvalue weighted by Gasteiger charge is 2.54. The second-order valence-electron chi connectivity index (χ2n) is 7.78. The molecule has 0 aliphatic carbocycles. The van der Waals surface area contributed by atoms with Crippen molar-refractivity contribution in [1.29, 1.82) is 0 Å². The highest BCUT2D eigenvalue weighted by Crippen LogP contribution is 2.42. The van der Waals surface area contributed by atoms with Gasteiger partial charge in [-0.25, -0.2) is 0 Å². The van der Waals surface area contributed by atoms with Crippen molar-refractivity contribution in [2.45, 2.75) is 65.0 Å². The number of rotatable bonds is 7. The van der Waals surface area contributed by atoms with Crippen molar-refractivity contribution in [3.05, 3.63) is 29.8 Å². The van der Waals surface area contributed by atoms with Gasteiger partial charge in [0.2, 0.25) is 0 Å². The maximum Gasteiger partial charge on any atom is 0.466 e. The van der Waals surface area contributed by atoms with E-state index in [-0.39, 0.29) is 18.2 Å². The molecule has 0 amide bonds. The summed E-state index contributed by atoms with van der Waals surface area (Å²) in [7, 11) is 0.922. The van der Waals surface area contributed by atoms with Gasteiger partial charge in [-0.15, -0.1) is 0 Å². The Balaban J connectivity index is 2.30. The van der Waals surface area contributed by atoms with Gasteiger partial charge in [-0.2, -0.15) is 0 Å². The molecule has 0 bridgehead atoms. The molecule has 1 fully saturated rings. The quantitative estimate of drug-likeness (QED) is 0.546. The molecule has 5 nitrogen and oxygen atoms in total. The van der Waals surface area contributed by atoms with Crippen LogP contribution in [0.15, 0.2) is 24.3 Å². The third-order valence-corrected chi connectivity index (χ3v) is 5.66. The van der Waals surface area contributed by atoms with Gasteiger partial charge in [0.15, 0.2) is 0 Å². The number of carbonyl (C=O) groups excluding carboxylic acids is 1. The predicted octanol–water partition coefficient (Wildman–Crippen LogP) is 3.81. The lowest BCUT2D eigenvalue weighted by atomic mass is 9.66. The van der Waals surface area contributed by atoms with Crippen LogP contribution in [0.5, 0.6) is 0 Å². The molecule has 1 aromatic rings. The Morgan fingerprint density at radius 2 is 1.58 bits per heavy atom. The number of ether oxygens (including phenoxy) is 1. The molecule has 2 rings (SSSR count). The molecule has 1 heterocycles. The summed E-state index contributed by atoms with van der Waals surface area (Å²) in [6.45, 7) is 14.3. The van der Waals surface area contributed by atoms with E-state index in [2.05, 4.69) is 43.0 Å². The van der Waals surface area contributed by atoms with Crippen LogP contribution in [-0.2, 0) is 18.8 Å². The standard InChI is InChI=1S/C20H32BNO4/c1-8-22(9-2)16-12-10-15(11-13-16)17(14-18(23)24-7)21-25-19(3,4)20(5,6)26-21/h10-13,17H,8-9,14H2,1-7H3. The molecule has 0 radical (unpaired) electrons. The molecule has 1 unspecified atom stereocenters. The van der Waals surface area contributed by atoms with E-state index in [1.807, 2.05) is 27.7 Å². The third kappa shape index (κ3) is 4.23. The molecule has 1 aromatic carbocycles. The lowest BCUT2D eigenvalue weighted by Crippen LogP contribution is -2.41. The Morgan fingerprint density at radius 3 is 2.00 bits per heavy atom. The molecule has 6 heteroatoms. The Labute approximate surface area is 158 Å². The van der Waals surface area contributed by atoms with Crippen LogP contribution < -0.4 is 4.90 Å². The van der Waals surface area contributed by atoms with Crippen molar-refractivity contribution in [1.82, 2.24) is 0 Å². The number of carbonyl (C=O) groups is 1. The Morgan fingerprint density at radius 1 is 1.08 bits per heavy atom. The molecular formula is C20H32BNO4. The number of anilines is 1. The molecule has 0 aromatic heterocycles. The smallest absolute Gasteiger partial charge is 0.466 e. The first-order valence-corrected chi connectivity index (χ1v) is 9.42. The number of hydrogen-bond acceptors (Lipinski definition) is 5. The third-order valence-electron chi connectivity index (χ3n) is 5.66. The van der Waals surface area contributed by atoms with Crippen molar-refractivity contribution in [3.8, 4) is 0 Å². The molecule has 1 aliphatic heterocycles. The van der Waals surface area contributed by atoms with Gasteiger partial charge in [0.05, 0.1) is 24.7 Å². The van der Waals surface area contributed by atoms with Crippen LogP contribution in [-0.4, -0.2) is 44.5 Å². The zero-order valence-electron chi connectivity index (χ0n) is 17.2. The molecule has 0 N–H and O–H groups in total. The van der Waals surface area contributed by atoms with Gasteiger partial charge in [-0.3, -0.25) is 4.79 Å².